The smallest absolute Gasteiger partial charge is 0.266 e. The first-order valence-corrected chi connectivity index (χ1v) is 13.6. The second-order valence-corrected chi connectivity index (χ2v) is 10.0. The van der Waals surface area contributed by atoms with E-state index >= 15 is 0 Å². The summed E-state index contributed by atoms with van der Waals surface area (Å²) in [4.78, 5) is 39.6. The van der Waals surface area contributed by atoms with E-state index < -0.39 is 41.6 Å². The van der Waals surface area contributed by atoms with E-state index in [4.69, 9.17) is 0 Å². The lowest BCUT2D eigenvalue weighted by Crippen LogP contribution is -2.57. The van der Waals surface area contributed by atoms with Crippen molar-refractivity contribution in [3.05, 3.63) is 77.4 Å². The number of aromatic hydroxyl groups is 5. The van der Waals surface area contributed by atoms with E-state index in [-0.39, 0.29) is 42.3 Å². The van der Waals surface area contributed by atoms with Gasteiger partial charge in [-0.2, -0.15) is 0 Å². The van der Waals surface area contributed by atoms with Gasteiger partial charge in [-0.15, -0.1) is 0 Å². The predicted molar refractivity (Wildman–Crippen MR) is 155 cm³/mol. The summed E-state index contributed by atoms with van der Waals surface area (Å²) in [5.41, 5.74) is 3.02. The van der Waals surface area contributed by atoms with Gasteiger partial charge in [-0.3, -0.25) is 19.6 Å². The van der Waals surface area contributed by atoms with Gasteiger partial charge in [0, 0.05) is 12.8 Å². The molecule has 0 radical (unpaired) electrons. The third-order valence-corrected chi connectivity index (χ3v) is 6.67. The summed E-state index contributed by atoms with van der Waals surface area (Å²) in [7, 11) is 0. The lowest BCUT2D eigenvalue weighted by atomic mass is 10.0. The van der Waals surface area contributed by atoms with Crippen molar-refractivity contribution in [3.63, 3.8) is 0 Å². The van der Waals surface area contributed by atoms with Crippen LogP contribution in [0.4, 0.5) is 0 Å². The van der Waals surface area contributed by atoms with Gasteiger partial charge < -0.3 is 41.5 Å². The summed E-state index contributed by atoms with van der Waals surface area (Å²) in [6, 6.07) is 10.6. The number of nitrogens with one attached hydrogen (secondary N) is 4. The van der Waals surface area contributed by atoms with Crippen LogP contribution in [0.2, 0.25) is 0 Å². The number of rotatable bonds is 14. The fourth-order valence-corrected chi connectivity index (χ4v) is 4.35. The summed E-state index contributed by atoms with van der Waals surface area (Å²) in [6.07, 6.45) is 0.601. The molecule has 13 heteroatoms. The Balaban J connectivity index is 1.87. The Morgan fingerprint density at radius 1 is 0.605 bits per heavy atom. The third kappa shape index (κ3) is 9.51. The minimum atomic E-state index is -1.27. The Morgan fingerprint density at radius 2 is 1.05 bits per heavy atom. The summed E-state index contributed by atoms with van der Waals surface area (Å²) in [6.45, 7) is 2.36. The molecule has 3 amide bonds. The molecular formula is C30H36N4O9. The van der Waals surface area contributed by atoms with Crippen LogP contribution in [-0.4, -0.2) is 73.1 Å². The maximum atomic E-state index is 13.6. The molecule has 0 heterocycles. The van der Waals surface area contributed by atoms with Crippen LogP contribution < -0.4 is 21.4 Å². The van der Waals surface area contributed by atoms with E-state index in [1.54, 1.807) is 18.2 Å². The summed E-state index contributed by atoms with van der Waals surface area (Å²) < 4.78 is 0. The van der Waals surface area contributed by atoms with Crippen LogP contribution in [0, 0.1) is 0 Å². The topological polar surface area (TPSA) is 221 Å². The normalized spacial score (nSPS) is 13.0. The van der Waals surface area contributed by atoms with Crippen LogP contribution in [0.1, 0.15) is 30.0 Å². The maximum absolute atomic E-state index is 13.6. The van der Waals surface area contributed by atoms with Crippen LogP contribution in [0.3, 0.4) is 0 Å². The van der Waals surface area contributed by atoms with Crippen molar-refractivity contribution in [2.45, 2.75) is 50.7 Å². The summed E-state index contributed by atoms with van der Waals surface area (Å²) in [5.74, 6) is -3.72. The lowest BCUT2D eigenvalue weighted by Gasteiger charge is -2.25. The molecule has 0 spiro atoms. The van der Waals surface area contributed by atoms with E-state index in [1.807, 2.05) is 6.92 Å². The van der Waals surface area contributed by atoms with E-state index in [9.17, 15) is 45.1 Å². The van der Waals surface area contributed by atoms with E-state index in [1.165, 1.54) is 47.9 Å². The van der Waals surface area contributed by atoms with Gasteiger partial charge in [-0.1, -0.05) is 31.2 Å². The van der Waals surface area contributed by atoms with Crippen molar-refractivity contribution in [1.29, 1.82) is 0 Å². The standard InChI is InChI=1S/C30H36N4O9/c1-2-11-31-21(13-18-5-9-24(36)26(38)15-18)28(40)32-22(14-19-6-10-25(37)27(39)16-19)29(41)33-23(30(42)34-43)12-17-3-7-20(35)8-4-17/h3-10,15-16,21-23,31,35-39,43H,2,11-14H2,1H3,(H,32,40)(H,33,41)(H,34,42)/t21-,22-,23-/m0/s1. The first-order valence-electron chi connectivity index (χ1n) is 13.6. The molecule has 3 rings (SSSR count). The highest BCUT2D eigenvalue weighted by molar-refractivity contribution is 5.93. The Bertz CT molecular complexity index is 1420. The molecule has 0 bridgehead atoms. The maximum Gasteiger partial charge on any atom is 0.266 e. The quantitative estimate of drug-likeness (QED) is 0.0725. The Labute approximate surface area is 247 Å². The van der Waals surface area contributed by atoms with Gasteiger partial charge in [0.1, 0.15) is 17.8 Å². The van der Waals surface area contributed by atoms with Crippen LogP contribution in [0.25, 0.3) is 0 Å². The van der Waals surface area contributed by atoms with Crippen LogP contribution in [-0.2, 0) is 33.6 Å². The number of amides is 3. The molecule has 3 aromatic carbocycles. The van der Waals surface area contributed by atoms with Gasteiger partial charge in [-0.05, 0) is 72.5 Å². The zero-order valence-electron chi connectivity index (χ0n) is 23.4. The van der Waals surface area contributed by atoms with E-state index in [0.717, 1.165) is 0 Å². The SMILES string of the molecule is CCCN[C@@H](Cc1ccc(O)c(O)c1)C(=O)N[C@@H](Cc1ccc(O)c(O)c1)C(=O)N[C@@H](Cc1ccc(O)cc1)C(=O)NO. The number of hydrogen-bond acceptors (Lipinski definition) is 10. The number of benzene rings is 3. The average Bonchev–Trinajstić information content (AvgIpc) is 2.98. The van der Waals surface area contributed by atoms with Gasteiger partial charge >= 0.3 is 0 Å². The first kappa shape index (κ1) is 32.5. The Morgan fingerprint density at radius 3 is 1.53 bits per heavy atom. The van der Waals surface area contributed by atoms with Crippen LogP contribution in [0.5, 0.6) is 28.7 Å². The molecule has 0 unspecified atom stereocenters. The van der Waals surface area contributed by atoms with Crippen LogP contribution in [0.15, 0.2) is 60.7 Å². The predicted octanol–water partition coefficient (Wildman–Crippen LogP) is 1.09. The highest BCUT2D eigenvalue weighted by Gasteiger charge is 2.30. The second kappa shape index (κ2) is 15.3. The van der Waals surface area contributed by atoms with Crippen molar-refractivity contribution in [2.24, 2.45) is 0 Å². The molecule has 0 saturated carbocycles. The molecule has 0 fully saturated rings. The number of hydroxylamine groups is 1. The molecule has 0 aliphatic heterocycles. The molecule has 230 valence electrons. The Kier molecular flexibility index (Phi) is 11.6. The van der Waals surface area contributed by atoms with Crippen molar-refractivity contribution >= 4 is 17.7 Å². The minimum Gasteiger partial charge on any atom is -0.508 e. The number of carbonyl (C=O) groups is 3. The molecule has 0 aromatic heterocycles. The summed E-state index contributed by atoms with van der Waals surface area (Å²) in [5, 5.41) is 66.4. The average molecular weight is 597 g/mol. The zero-order chi connectivity index (χ0) is 31.5. The highest BCUT2D eigenvalue weighted by Crippen LogP contribution is 2.26. The van der Waals surface area contributed by atoms with Crippen molar-refractivity contribution < 1.29 is 45.1 Å². The van der Waals surface area contributed by atoms with Gasteiger partial charge in [-0.25, -0.2) is 5.48 Å². The van der Waals surface area contributed by atoms with Crippen molar-refractivity contribution in [2.75, 3.05) is 6.54 Å². The zero-order valence-corrected chi connectivity index (χ0v) is 23.4. The fraction of sp³-hybridized carbons (Fsp3) is 0.300. The van der Waals surface area contributed by atoms with Gasteiger partial charge in [0.15, 0.2) is 23.0 Å². The largest absolute Gasteiger partial charge is 0.508 e. The number of phenols is 5. The molecule has 3 atom stereocenters. The van der Waals surface area contributed by atoms with E-state index in [2.05, 4.69) is 16.0 Å². The van der Waals surface area contributed by atoms with Gasteiger partial charge in [0.25, 0.3) is 5.91 Å². The van der Waals surface area contributed by atoms with Gasteiger partial charge in [0.05, 0.1) is 6.04 Å². The lowest BCUT2D eigenvalue weighted by molar-refractivity contribution is -0.136. The van der Waals surface area contributed by atoms with Crippen molar-refractivity contribution in [1.82, 2.24) is 21.4 Å². The molecule has 3 aromatic rings. The molecule has 0 aliphatic carbocycles. The minimum absolute atomic E-state index is 0.00428. The molecule has 0 saturated heterocycles. The second-order valence-electron chi connectivity index (χ2n) is 10.0. The monoisotopic (exact) mass is 596 g/mol. The molecule has 43 heavy (non-hydrogen) atoms. The molecule has 0 aliphatic rings. The third-order valence-electron chi connectivity index (χ3n) is 6.67. The number of hydrogen-bond donors (Lipinski definition) is 10. The Hall–Kier alpha value is -5.01. The summed E-state index contributed by atoms with van der Waals surface area (Å²) >= 11 is 0. The molecular weight excluding hydrogens is 560 g/mol. The molecule has 10 N–H and O–H groups in total. The fourth-order valence-electron chi connectivity index (χ4n) is 4.35. The van der Waals surface area contributed by atoms with Gasteiger partial charge in [0.2, 0.25) is 11.8 Å². The molecule has 13 nitrogen and oxygen atoms in total. The number of carbonyl (C=O) groups excluding carboxylic acids is 3. The first-order chi connectivity index (χ1) is 20.5. The van der Waals surface area contributed by atoms with Crippen LogP contribution >= 0.6 is 0 Å². The number of phenolic OH excluding ortho intramolecular Hbond substituents is 5. The highest BCUT2D eigenvalue weighted by atomic mass is 16.5. The van der Waals surface area contributed by atoms with Crippen molar-refractivity contribution in [3.8, 4) is 28.7 Å². The van der Waals surface area contributed by atoms with E-state index in [0.29, 0.717) is 29.7 Å².